The zero-order valence-electron chi connectivity index (χ0n) is 16.4. The van der Waals surface area contributed by atoms with E-state index in [4.69, 9.17) is 16.3 Å². The van der Waals surface area contributed by atoms with Crippen LogP contribution in [0.1, 0.15) is 29.1 Å². The fraction of sp³-hybridized carbons (Fsp3) is 0.350. The summed E-state index contributed by atoms with van der Waals surface area (Å²) in [5, 5.41) is 3.79. The SMILES string of the molecule is COC(=O)c1c(NC(=O)C2CSC(C)(C)N2C=O)sc(C)c1-c1cccc(Cl)c1. The minimum Gasteiger partial charge on any atom is -0.465 e. The number of benzene rings is 1. The number of hydrogen-bond acceptors (Lipinski definition) is 6. The molecule has 1 aliphatic heterocycles. The maximum absolute atomic E-state index is 13.0. The number of carbonyl (C=O) groups is 3. The fourth-order valence-electron chi connectivity index (χ4n) is 3.33. The normalized spacial score (nSPS) is 17.8. The number of carbonyl (C=O) groups excluding carboxylic acids is 3. The Morgan fingerprint density at radius 1 is 1.38 bits per heavy atom. The van der Waals surface area contributed by atoms with Crippen molar-refractivity contribution in [2.75, 3.05) is 18.2 Å². The summed E-state index contributed by atoms with van der Waals surface area (Å²) >= 11 is 8.95. The van der Waals surface area contributed by atoms with E-state index < -0.39 is 16.9 Å². The summed E-state index contributed by atoms with van der Waals surface area (Å²) in [6, 6.07) is 6.55. The predicted molar refractivity (Wildman–Crippen MR) is 118 cm³/mol. The number of ether oxygens (including phenoxy) is 1. The summed E-state index contributed by atoms with van der Waals surface area (Å²) in [7, 11) is 1.30. The second-order valence-electron chi connectivity index (χ2n) is 7.01. The number of methoxy groups -OCH3 is 1. The number of amides is 2. The van der Waals surface area contributed by atoms with Gasteiger partial charge in [0.25, 0.3) is 0 Å². The zero-order valence-corrected chi connectivity index (χ0v) is 18.8. The molecule has 2 amide bonds. The van der Waals surface area contributed by atoms with Crippen LogP contribution >= 0.6 is 34.7 Å². The first-order valence-electron chi connectivity index (χ1n) is 8.85. The van der Waals surface area contributed by atoms with Gasteiger partial charge in [-0.1, -0.05) is 23.7 Å². The van der Waals surface area contributed by atoms with Gasteiger partial charge in [0, 0.05) is 21.2 Å². The zero-order chi connectivity index (χ0) is 21.3. The molecule has 6 nitrogen and oxygen atoms in total. The second-order valence-corrected chi connectivity index (χ2v) is 10.3. The summed E-state index contributed by atoms with van der Waals surface area (Å²) in [5.74, 6) is -0.399. The Morgan fingerprint density at radius 2 is 2.10 bits per heavy atom. The Bertz CT molecular complexity index is 973. The number of hydrogen-bond donors (Lipinski definition) is 1. The van der Waals surface area contributed by atoms with Gasteiger partial charge < -0.3 is 15.0 Å². The number of aryl methyl sites for hydroxylation is 1. The fourth-order valence-corrected chi connectivity index (χ4v) is 5.79. The van der Waals surface area contributed by atoms with Crippen LogP contribution in [0.4, 0.5) is 5.00 Å². The summed E-state index contributed by atoms with van der Waals surface area (Å²) in [6.45, 7) is 5.66. The Balaban J connectivity index is 2.00. The van der Waals surface area contributed by atoms with Crippen LogP contribution in [0, 0.1) is 6.92 Å². The Kier molecular flexibility index (Phi) is 6.26. The van der Waals surface area contributed by atoms with E-state index in [1.807, 2.05) is 26.8 Å². The molecular weight excluding hydrogens is 432 g/mol. The topological polar surface area (TPSA) is 75.7 Å². The van der Waals surface area contributed by atoms with E-state index in [9.17, 15) is 14.4 Å². The highest BCUT2D eigenvalue weighted by molar-refractivity contribution is 8.00. The van der Waals surface area contributed by atoms with Crippen molar-refractivity contribution in [3.63, 3.8) is 0 Å². The first-order valence-corrected chi connectivity index (χ1v) is 11.0. The highest BCUT2D eigenvalue weighted by atomic mass is 35.5. The summed E-state index contributed by atoms with van der Waals surface area (Å²) in [5.41, 5.74) is 1.72. The van der Waals surface area contributed by atoms with Crippen LogP contribution in [0.2, 0.25) is 5.02 Å². The van der Waals surface area contributed by atoms with E-state index in [2.05, 4.69) is 5.32 Å². The molecule has 0 bridgehead atoms. The summed E-state index contributed by atoms with van der Waals surface area (Å²) in [6.07, 6.45) is 0.697. The molecule has 0 radical (unpaired) electrons. The smallest absolute Gasteiger partial charge is 0.341 e. The molecule has 2 heterocycles. The molecule has 9 heteroatoms. The van der Waals surface area contributed by atoms with Gasteiger partial charge in [0.2, 0.25) is 12.3 Å². The van der Waals surface area contributed by atoms with Crippen molar-refractivity contribution >= 4 is 58.0 Å². The molecule has 29 heavy (non-hydrogen) atoms. The number of halogens is 1. The monoisotopic (exact) mass is 452 g/mol. The van der Waals surface area contributed by atoms with Gasteiger partial charge in [-0.2, -0.15) is 0 Å². The lowest BCUT2D eigenvalue weighted by molar-refractivity contribution is -0.130. The van der Waals surface area contributed by atoms with Gasteiger partial charge in [-0.25, -0.2) is 4.79 Å². The van der Waals surface area contributed by atoms with Gasteiger partial charge in [0.05, 0.1) is 12.0 Å². The number of thiophene rings is 1. The molecule has 0 spiro atoms. The molecule has 3 rings (SSSR count). The van der Waals surface area contributed by atoms with E-state index in [0.29, 0.717) is 27.8 Å². The molecule has 2 aromatic rings. The van der Waals surface area contributed by atoms with Crippen molar-refractivity contribution in [2.45, 2.75) is 31.7 Å². The van der Waals surface area contributed by atoms with Gasteiger partial charge >= 0.3 is 5.97 Å². The number of esters is 1. The van der Waals surface area contributed by atoms with Crippen LogP contribution in [0.25, 0.3) is 11.1 Å². The Morgan fingerprint density at radius 3 is 2.72 bits per heavy atom. The molecule has 1 aromatic heterocycles. The van der Waals surface area contributed by atoms with Crippen LogP contribution in [0.3, 0.4) is 0 Å². The maximum Gasteiger partial charge on any atom is 0.341 e. The number of anilines is 1. The van der Waals surface area contributed by atoms with E-state index in [1.165, 1.54) is 35.1 Å². The van der Waals surface area contributed by atoms with E-state index in [0.717, 1.165) is 10.4 Å². The van der Waals surface area contributed by atoms with E-state index in [1.54, 1.807) is 18.2 Å². The highest BCUT2D eigenvalue weighted by Gasteiger charge is 2.43. The van der Waals surface area contributed by atoms with Crippen molar-refractivity contribution in [3.8, 4) is 11.1 Å². The van der Waals surface area contributed by atoms with Gasteiger partial charge in [-0.05, 0) is 38.5 Å². The summed E-state index contributed by atoms with van der Waals surface area (Å²) in [4.78, 5) is 39.0. The highest BCUT2D eigenvalue weighted by Crippen LogP contribution is 2.42. The number of nitrogens with one attached hydrogen (secondary N) is 1. The third-order valence-electron chi connectivity index (χ3n) is 4.79. The predicted octanol–water partition coefficient (Wildman–Crippen LogP) is 4.41. The quantitative estimate of drug-likeness (QED) is 0.537. The molecule has 0 aliphatic carbocycles. The van der Waals surface area contributed by atoms with Gasteiger partial charge in [0.1, 0.15) is 16.6 Å². The van der Waals surface area contributed by atoms with Gasteiger partial charge in [-0.3, -0.25) is 9.59 Å². The van der Waals surface area contributed by atoms with Crippen molar-refractivity contribution in [2.24, 2.45) is 0 Å². The van der Waals surface area contributed by atoms with E-state index >= 15 is 0 Å². The molecule has 1 aliphatic rings. The van der Waals surface area contributed by atoms with Crippen LogP contribution < -0.4 is 5.32 Å². The molecule has 1 N–H and O–H groups in total. The molecule has 1 saturated heterocycles. The number of nitrogens with zero attached hydrogens (tertiary/aromatic N) is 1. The molecule has 154 valence electrons. The van der Waals surface area contributed by atoms with Crippen LogP contribution in [0.15, 0.2) is 24.3 Å². The van der Waals surface area contributed by atoms with Crippen molar-refractivity contribution in [1.82, 2.24) is 4.90 Å². The Labute approximate surface area is 182 Å². The van der Waals surface area contributed by atoms with Crippen molar-refractivity contribution in [1.29, 1.82) is 0 Å². The Hall–Kier alpha value is -2.03. The third-order valence-corrected chi connectivity index (χ3v) is 7.45. The maximum atomic E-state index is 13.0. The van der Waals surface area contributed by atoms with Crippen LogP contribution in [-0.4, -0.2) is 47.0 Å². The molecular formula is C20H21ClN2O4S2. The largest absolute Gasteiger partial charge is 0.465 e. The first kappa shape index (κ1) is 21.7. The molecule has 1 unspecified atom stereocenters. The van der Waals surface area contributed by atoms with Crippen LogP contribution in [-0.2, 0) is 14.3 Å². The average molecular weight is 453 g/mol. The lowest BCUT2D eigenvalue weighted by Gasteiger charge is -2.30. The minimum atomic E-state index is -0.616. The molecule has 0 saturated carbocycles. The van der Waals surface area contributed by atoms with Gasteiger partial charge in [-0.15, -0.1) is 23.1 Å². The molecule has 1 fully saturated rings. The molecule has 1 aromatic carbocycles. The average Bonchev–Trinajstić information content (AvgIpc) is 3.16. The number of rotatable bonds is 5. The standard InChI is InChI=1S/C20H21ClN2O4S2/c1-11-15(12-6-5-7-13(21)8-12)16(19(26)27-4)18(29-11)22-17(25)14-9-28-20(2,3)23(14)10-24/h5-8,10,14H,9H2,1-4H3,(H,22,25). The number of thioether (sulfide) groups is 1. The first-order chi connectivity index (χ1) is 13.7. The van der Waals surface area contributed by atoms with Crippen molar-refractivity contribution < 1.29 is 19.1 Å². The van der Waals surface area contributed by atoms with Crippen molar-refractivity contribution in [3.05, 3.63) is 39.7 Å². The third kappa shape index (κ3) is 4.15. The second kappa shape index (κ2) is 8.38. The summed E-state index contributed by atoms with van der Waals surface area (Å²) < 4.78 is 4.98. The lowest BCUT2D eigenvalue weighted by atomic mass is 10.0. The van der Waals surface area contributed by atoms with E-state index in [-0.39, 0.29) is 11.5 Å². The lowest BCUT2D eigenvalue weighted by Crippen LogP contribution is -2.47. The van der Waals surface area contributed by atoms with Gasteiger partial charge in [0.15, 0.2) is 0 Å². The molecule has 1 atom stereocenters. The van der Waals surface area contributed by atoms with Crippen LogP contribution in [0.5, 0.6) is 0 Å². The minimum absolute atomic E-state index is 0.285.